The smallest absolute Gasteiger partial charge is 0.319 e. The van der Waals surface area contributed by atoms with Gasteiger partial charge in [-0.25, -0.2) is 4.79 Å². The largest absolute Gasteiger partial charge is 0.495 e. The van der Waals surface area contributed by atoms with Crippen LogP contribution >= 0.6 is 0 Å². The van der Waals surface area contributed by atoms with Gasteiger partial charge in [0, 0.05) is 18.7 Å². The highest BCUT2D eigenvalue weighted by molar-refractivity contribution is 5.97. The number of carbonyl (C=O) groups is 2. The molecule has 1 aliphatic rings. The lowest BCUT2D eigenvalue weighted by Crippen LogP contribution is -2.35. The molecule has 1 saturated heterocycles. The number of para-hydroxylation sites is 1. The molecule has 0 aromatic heterocycles. The molecule has 0 unspecified atom stereocenters. The first-order valence-corrected chi connectivity index (χ1v) is 9.38. The van der Waals surface area contributed by atoms with Crippen LogP contribution < -0.4 is 25.0 Å². The molecule has 2 aromatic rings. The lowest BCUT2D eigenvalue weighted by molar-refractivity contribution is -0.119. The SMILES string of the molecule is COc1ccc(NC(=O)NCCOc2ccccc2)cc1N1CCCCC1=O. The Labute approximate surface area is 164 Å². The van der Waals surface area contributed by atoms with E-state index in [0.717, 1.165) is 18.6 Å². The van der Waals surface area contributed by atoms with E-state index in [0.29, 0.717) is 43.2 Å². The van der Waals surface area contributed by atoms with Crippen LogP contribution in [0.5, 0.6) is 11.5 Å². The Morgan fingerprint density at radius 1 is 1.14 bits per heavy atom. The molecule has 1 heterocycles. The minimum absolute atomic E-state index is 0.0733. The minimum Gasteiger partial charge on any atom is -0.495 e. The molecule has 0 saturated carbocycles. The highest BCUT2D eigenvalue weighted by Crippen LogP contribution is 2.33. The number of nitrogens with one attached hydrogen (secondary N) is 2. The van der Waals surface area contributed by atoms with Gasteiger partial charge in [-0.2, -0.15) is 0 Å². The summed E-state index contributed by atoms with van der Waals surface area (Å²) in [5.74, 6) is 1.44. The van der Waals surface area contributed by atoms with Crippen molar-refractivity contribution in [3.63, 3.8) is 0 Å². The number of methoxy groups -OCH3 is 1. The Balaban J connectivity index is 1.55. The quantitative estimate of drug-likeness (QED) is 0.718. The van der Waals surface area contributed by atoms with Crippen molar-refractivity contribution in [1.29, 1.82) is 0 Å². The average molecular weight is 383 g/mol. The Kier molecular flexibility index (Phi) is 6.73. The molecule has 28 heavy (non-hydrogen) atoms. The molecule has 0 spiro atoms. The molecule has 0 bridgehead atoms. The molecular formula is C21H25N3O4. The number of rotatable bonds is 7. The second-order valence-electron chi connectivity index (χ2n) is 6.43. The van der Waals surface area contributed by atoms with Gasteiger partial charge in [-0.1, -0.05) is 18.2 Å². The fourth-order valence-electron chi connectivity index (χ4n) is 3.06. The molecule has 7 nitrogen and oxygen atoms in total. The summed E-state index contributed by atoms with van der Waals surface area (Å²) in [7, 11) is 1.57. The summed E-state index contributed by atoms with van der Waals surface area (Å²) in [5.41, 5.74) is 1.27. The third-order valence-electron chi connectivity index (χ3n) is 4.45. The van der Waals surface area contributed by atoms with Gasteiger partial charge in [0.15, 0.2) is 0 Å². The molecule has 3 amide bonds. The van der Waals surface area contributed by atoms with Gasteiger partial charge in [0.25, 0.3) is 0 Å². The van der Waals surface area contributed by atoms with E-state index in [9.17, 15) is 9.59 Å². The predicted molar refractivity (Wildman–Crippen MR) is 108 cm³/mol. The van der Waals surface area contributed by atoms with E-state index in [2.05, 4.69) is 10.6 Å². The first kappa shape index (κ1) is 19.5. The van der Waals surface area contributed by atoms with Crippen LogP contribution in [0.2, 0.25) is 0 Å². The van der Waals surface area contributed by atoms with Crippen LogP contribution in [0.4, 0.5) is 16.2 Å². The molecule has 3 rings (SSSR count). The number of amides is 3. The monoisotopic (exact) mass is 383 g/mol. The van der Waals surface area contributed by atoms with Crippen LogP contribution in [0.1, 0.15) is 19.3 Å². The molecule has 7 heteroatoms. The molecule has 0 radical (unpaired) electrons. The fourth-order valence-corrected chi connectivity index (χ4v) is 3.06. The number of benzene rings is 2. The van der Waals surface area contributed by atoms with Crippen molar-refractivity contribution in [2.45, 2.75) is 19.3 Å². The van der Waals surface area contributed by atoms with Crippen molar-refractivity contribution in [1.82, 2.24) is 5.32 Å². The maximum absolute atomic E-state index is 12.2. The van der Waals surface area contributed by atoms with Crippen molar-refractivity contribution in [3.8, 4) is 11.5 Å². The third-order valence-corrected chi connectivity index (χ3v) is 4.45. The Bertz CT molecular complexity index is 811. The van der Waals surface area contributed by atoms with Crippen LogP contribution in [0.25, 0.3) is 0 Å². The maximum Gasteiger partial charge on any atom is 0.319 e. The van der Waals surface area contributed by atoms with E-state index in [4.69, 9.17) is 9.47 Å². The Morgan fingerprint density at radius 2 is 1.96 bits per heavy atom. The molecule has 0 aliphatic carbocycles. The van der Waals surface area contributed by atoms with Crippen LogP contribution in [0, 0.1) is 0 Å². The van der Waals surface area contributed by atoms with Gasteiger partial charge in [-0.15, -0.1) is 0 Å². The predicted octanol–water partition coefficient (Wildman–Crippen LogP) is 3.41. The number of nitrogens with zero attached hydrogens (tertiary/aromatic N) is 1. The Morgan fingerprint density at radius 3 is 2.71 bits per heavy atom. The van der Waals surface area contributed by atoms with Crippen LogP contribution in [-0.2, 0) is 4.79 Å². The molecule has 148 valence electrons. The van der Waals surface area contributed by atoms with Crippen molar-refractivity contribution in [2.75, 3.05) is 37.0 Å². The zero-order valence-corrected chi connectivity index (χ0v) is 15.9. The summed E-state index contributed by atoms with van der Waals surface area (Å²) >= 11 is 0. The van der Waals surface area contributed by atoms with E-state index in [-0.39, 0.29) is 11.9 Å². The molecule has 2 aromatic carbocycles. The van der Waals surface area contributed by atoms with Gasteiger partial charge in [0.05, 0.1) is 19.3 Å². The number of hydrogen-bond donors (Lipinski definition) is 2. The molecule has 2 N–H and O–H groups in total. The summed E-state index contributed by atoms with van der Waals surface area (Å²) in [4.78, 5) is 26.1. The highest BCUT2D eigenvalue weighted by atomic mass is 16.5. The van der Waals surface area contributed by atoms with Gasteiger partial charge < -0.3 is 25.0 Å². The zero-order chi connectivity index (χ0) is 19.8. The maximum atomic E-state index is 12.2. The normalized spacial score (nSPS) is 13.8. The number of piperidine rings is 1. The van der Waals surface area contributed by atoms with Crippen LogP contribution in [0.15, 0.2) is 48.5 Å². The number of hydrogen-bond acceptors (Lipinski definition) is 4. The third kappa shape index (κ3) is 5.16. The summed E-state index contributed by atoms with van der Waals surface area (Å²) < 4.78 is 10.9. The van der Waals surface area contributed by atoms with Crippen molar-refractivity contribution in [3.05, 3.63) is 48.5 Å². The first-order valence-electron chi connectivity index (χ1n) is 9.38. The van der Waals surface area contributed by atoms with Crippen LogP contribution in [-0.4, -0.2) is 38.7 Å². The number of ether oxygens (including phenoxy) is 2. The second-order valence-corrected chi connectivity index (χ2v) is 6.43. The number of anilines is 2. The van der Waals surface area contributed by atoms with Crippen LogP contribution in [0.3, 0.4) is 0 Å². The number of urea groups is 1. The van der Waals surface area contributed by atoms with Gasteiger partial charge in [-0.3, -0.25) is 4.79 Å². The molecule has 0 atom stereocenters. The van der Waals surface area contributed by atoms with Gasteiger partial charge >= 0.3 is 6.03 Å². The second kappa shape index (κ2) is 9.64. The van der Waals surface area contributed by atoms with Gasteiger partial charge in [0.1, 0.15) is 18.1 Å². The average Bonchev–Trinajstić information content (AvgIpc) is 2.72. The first-order chi connectivity index (χ1) is 13.7. The van der Waals surface area contributed by atoms with Gasteiger partial charge in [-0.05, 0) is 43.2 Å². The van der Waals surface area contributed by atoms with E-state index in [1.165, 1.54) is 0 Å². The Hall–Kier alpha value is -3.22. The van der Waals surface area contributed by atoms with E-state index in [1.807, 2.05) is 30.3 Å². The molecular weight excluding hydrogens is 358 g/mol. The molecule has 1 aliphatic heterocycles. The lowest BCUT2D eigenvalue weighted by atomic mass is 10.1. The molecule has 1 fully saturated rings. The van der Waals surface area contributed by atoms with E-state index < -0.39 is 0 Å². The number of carbonyl (C=O) groups excluding carboxylic acids is 2. The van der Waals surface area contributed by atoms with Crippen molar-refractivity contribution >= 4 is 23.3 Å². The fraction of sp³-hybridized carbons (Fsp3) is 0.333. The minimum atomic E-state index is -0.335. The topological polar surface area (TPSA) is 79.9 Å². The summed E-state index contributed by atoms with van der Waals surface area (Å²) in [6.07, 6.45) is 2.39. The standard InChI is InChI=1S/C21H25N3O4/c1-27-19-11-10-16(15-18(19)24-13-6-5-9-20(24)25)23-21(26)22-12-14-28-17-7-3-2-4-8-17/h2-4,7-8,10-11,15H,5-6,9,12-14H2,1H3,(H2,22,23,26). The summed E-state index contributed by atoms with van der Waals surface area (Å²) in [5, 5.41) is 5.54. The van der Waals surface area contributed by atoms with Crippen molar-refractivity contribution < 1.29 is 19.1 Å². The van der Waals surface area contributed by atoms with E-state index >= 15 is 0 Å². The summed E-state index contributed by atoms with van der Waals surface area (Å²) in [6, 6.07) is 14.4. The highest BCUT2D eigenvalue weighted by Gasteiger charge is 2.23. The lowest BCUT2D eigenvalue weighted by Gasteiger charge is -2.28. The van der Waals surface area contributed by atoms with Crippen molar-refractivity contribution in [2.24, 2.45) is 0 Å². The van der Waals surface area contributed by atoms with Gasteiger partial charge in [0.2, 0.25) is 5.91 Å². The zero-order valence-electron chi connectivity index (χ0n) is 15.9. The summed E-state index contributed by atoms with van der Waals surface area (Å²) in [6.45, 7) is 1.39. The van der Waals surface area contributed by atoms with E-state index in [1.54, 1.807) is 30.2 Å².